The van der Waals surface area contributed by atoms with Gasteiger partial charge < -0.3 is 4.57 Å². The summed E-state index contributed by atoms with van der Waals surface area (Å²) in [5.41, 5.74) is 0.941. The average Bonchev–Trinajstić information content (AvgIpc) is 3.16. The molecule has 6 heteroatoms. The summed E-state index contributed by atoms with van der Waals surface area (Å²) >= 11 is 5.91. The van der Waals surface area contributed by atoms with E-state index in [0.717, 1.165) is 37.3 Å². The molecular weight excluding hydrogens is 276 g/mol. The highest BCUT2D eigenvalue weighted by Crippen LogP contribution is 2.38. The highest BCUT2D eigenvalue weighted by Gasteiger charge is 2.29. The molecule has 0 spiro atoms. The van der Waals surface area contributed by atoms with Crippen LogP contribution < -0.4 is 5.56 Å². The van der Waals surface area contributed by atoms with Gasteiger partial charge in [0.25, 0.3) is 5.56 Å². The maximum absolute atomic E-state index is 12.2. The molecule has 1 aliphatic rings. The summed E-state index contributed by atoms with van der Waals surface area (Å²) in [7, 11) is 0. The van der Waals surface area contributed by atoms with Crippen LogP contribution in [0.15, 0.2) is 23.4 Å². The molecule has 0 aromatic carbocycles. The average molecular weight is 293 g/mol. The molecule has 3 rings (SSSR count). The van der Waals surface area contributed by atoms with Crippen LogP contribution in [0.2, 0.25) is 5.15 Å². The summed E-state index contributed by atoms with van der Waals surface area (Å²) in [6, 6.07) is 1.38. The van der Waals surface area contributed by atoms with Gasteiger partial charge >= 0.3 is 0 Å². The third kappa shape index (κ3) is 2.63. The van der Waals surface area contributed by atoms with E-state index in [1.807, 2.05) is 12.5 Å². The van der Waals surface area contributed by atoms with Crippen LogP contribution in [-0.2, 0) is 13.1 Å². The van der Waals surface area contributed by atoms with Gasteiger partial charge in [0.15, 0.2) is 0 Å². The Bertz CT molecular complexity index is 672. The minimum atomic E-state index is -0.0869. The van der Waals surface area contributed by atoms with Crippen molar-refractivity contribution in [2.24, 2.45) is 0 Å². The first-order chi connectivity index (χ1) is 9.69. The van der Waals surface area contributed by atoms with Gasteiger partial charge in [-0.1, -0.05) is 18.5 Å². The van der Waals surface area contributed by atoms with Gasteiger partial charge in [-0.05, 0) is 19.3 Å². The van der Waals surface area contributed by atoms with Gasteiger partial charge in [0.2, 0.25) is 0 Å². The molecule has 2 heterocycles. The van der Waals surface area contributed by atoms with Crippen molar-refractivity contribution < 1.29 is 0 Å². The van der Waals surface area contributed by atoms with Gasteiger partial charge in [-0.2, -0.15) is 0 Å². The Kier molecular flexibility index (Phi) is 3.61. The lowest BCUT2D eigenvalue weighted by atomic mass is 10.3. The van der Waals surface area contributed by atoms with Gasteiger partial charge in [-0.15, -0.1) is 0 Å². The van der Waals surface area contributed by atoms with Gasteiger partial charge in [-0.25, -0.2) is 9.97 Å². The van der Waals surface area contributed by atoms with E-state index in [0.29, 0.717) is 12.5 Å². The van der Waals surface area contributed by atoms with E-state index in [1.165, 1.54) is 6.07 Å². The molecule has 0 atom stereocenters. The summed E-state index contributed by atoms with van der Waals surface area (Å²) in [5, 5.41) is 0.287. The van der Waals surface area contributed by atoms with Crippen molar-refractivity contribution >= 4 is 11.6 Å². The Morgan fingerprint density at radius 3 is 2.95 bits per heavy atom. The number of aryl methyl sites for hydroxylation is 1. The van der Waals surface area contributed by atoms with E-state index in [1.54, 1.807) is 4.57 Å². The quantitative estimate of drug-likeness (QED) is 0.795. The third-order valence-electron chi connectivity index (χ3n) is 3.53. The summed E-state index contributed by atoms with van der Waals surface area (Å²) in [4.78, 5) is 20.7. The van der Waals surface area contributed by atoms with E-state index in [9.17, 15) is 4.79 Å². The SMILES string of the molecule is CCCn1cncc1Cn1c(C2CC2)nc(Cl)cc1=O. The van der Waals surface area contributed by atoms with Crippen LogP contribution in [0.3, 0.4) is 0 Å². The summed E-state index contributed by atoms with van der Waals surface area (Å²) < 4.78 is 3.81. The Labute approximate surface area is 122 Å². The molecule has 0 saturated heterocycles. The van der Waals surface area contributed by atoms with Crippen LogP contribution in [0.4, 0.5) is 0 Å². The molecule has 106 valence electrons. The van der Waals surface area contributed by atoms with Crippen molar-refractivity contribution in [2.75, 3.05) is 0 Å². The zero-order valence-electron chi connectivity index (χ0n) is 11.4. The fraction of sp³-hybridized carbons (Fsp3) is 0.500. The summed E-state index contributed by atoms with van der Waals surface area (Å²) in [5.74, 6) is 1.19. The van der Waals surface area contributed by atoms with Gasteiger partial charge in [0.05, 0.1) is 18.6 Å². The third-order valence-corrected chi connectivity index (χ3v) is 3.73. The van der Waals surface area contributed by atoms with Crippen molar-refractivity contribution in [1.29, 1.82) is 0 Å². The Hall–Kier alpha value is -1.62. The van der Waals surface area contributed by atoms with Crippen molar-refractivity contribution in [3.8, 4) is 0 Å². The second kappa shape index (κ2) is 5.40. The van der Waals surface area contributed by atoms with Crippen LogP contribution in [0.25, 0.3) is 0 Å². The number of nitrogens with zero attached hydrogens (tertiary/aromatic N) is 4. The molecule has 20 heavy (non-hydrogen) atoms. The lowest BCUT2D eigenvalue weighted by Gasteiger charge is -2.13. The molecule has 2 aromatic rings. The number of hydrogen-bond donors (Lipinski definition) is 0. The molecular formula is C14H17ClN4O. The monoisotopic (exact) mass is 292 g/mol. The minimum Gasteiger partial charge on any atom is -0.333 e. The first-order valence-corrected chi connectivity index (χ1v) is 7.33. The van der Waals surface area contributed by atoms with Gasteiger partial charge in [-0.3, -0.25) is 9.36 Å². The Balaban J connectivity index is 1.97. The molecule has 0 unspecified atom stereocenters. The second-order valence-electron chi connectivity index (χ2n) is 5.21. The van der Waals surface area contributed by atoms with Crippen molar-refractivity contribution in [3.63, 3.8) is 0 Å². The van der Waals surface area contributed by atoms with Gasteiger partial charge in [0.1, 0.15) is 11.0 Å². The Morgan fingerprint density at radius 1 is 1.45 bits per heavy atom. The lowest BCUT2D eigenvalue weighted by Crippen LogP contribution is -2.25. The molecule has 0 amide bonds. The largest absolute Gasteiger partial charge is 0.333 e. The van der Waals surface area contributed by atoms with Crippen LogP contribution in [0.5, 0.6) is 0 Å². The van der Waals surface area contributed by atoms with E-state index < -0.39 is 0 Å². The molecule has 1 aliphatic carbocycles. The maximum atomic E-state index is 12.2. The summed E-state index contributed by atoms with van der Waals surface area (Å²) in [6.07, 6.45) is 6.83. The zero-order chi connectivity index (χ0) is 14.1. The fourth-order valence-corrected chi connectivity index (χ4v) is 2.57. The van der Waals surface area contributed by atoms with Crippen LogP contribution in [0, 0.1) is 0 Å². The molecule has 0 radical (unpaired) electrons. The molecule has 0 N–H and O–H groups in total. The van der Waals surface area contributed by atoms with Crippen LogP contribution >= 0.6 is 11.6 Å². The van der Waals surface area contributed by atoms with E-state index in [-0.39, 0.29) is 10.7 Å². The highest BCUT2D eigenvalue weighted by atomic mass is 35.5. The predicted octanol–water partition coefficient (Wildman–Crippen LogP) is 2.43. The lowest BCUT2D eigenvalue weighted by molar-refractivity contribution is 0.595. The van der Waals surface area contributed by atoms with E-state index >= 15 is 0 Å². The molecule has 1 saturated carbocycles. The molecule has 2 aromatic heterocycles. The summed E-state index contributed by atoms with van der Waals surface area (Å²) in [6.45, 7) is 3.54. The first-order valence-electron chi connectivity index (χ1n) is 6.95. The molecule has 0 bridgehead atoms. The van der Waals surface area contributed by atoms with Crippen LogP contribution in [0.1, 0.15) is 43.6 Å². The minimum absolute atomic E-state index is 0.0869. The maximum Gasteiger partial charge on any atom is 0.255 e. The topological polar surface area (TPSA) is 52.7 Å². The van der Waals surface area contributed by atoms with Crippen molar-refractivity contribution in [1.82, 2.24) is 19.1 Å². The van der Waals surface area contributed by atoms with E-state index in [4.69, 9.17) is 11.6 Å². The Morgan fingerprint density at radius 2 is 2.25 bits per heavy atom. The molecule has 5 nitrogen and oxygen atoms in total. The van der Waals surface area contributed by atoms with Crippen LogP contribution in [-0.4, -0.2) is 19.1 Å². The number of hydrogen-bond acceptors (Lipinski definition) is 3. The normalized spacial score (nSPS) is 14.7. The highest BCUT2D eigenvalue weighted by molar-refractivity contribution is 6.29. The fourth-order valence-electron chi connectivity index (χ4n) is 2.39. The first kappa shape index (κ1) is 13.4. The zero-order valence-corrected chi connectivity index (χ0v) is 12.2. The smallest absolute Gasteiger partial charge is 0.255 e. The number of imidazole rings is 1. The number of aromatic nitrogens is 4. The molecule has 1 fully saturated rings. The van der Waals surface area contributed by atoms with Crippen molar-refractivity contribution in [2.45, 2.75) is 45.2 Å². The predicted molar refractivity (Wildman–Crippen MR) is 77.1 cm³/mol. The van der Waals surface area contributed by atoms with Gasteiger partial charge in [0, 0.05) is 24.7 Å². The molecule has 0 aliphatic heterocycles. The standard InChI is InChI=1S/C14H17ClN4O/c1-2-5-18-9-16-7-11(18)8-19-13(20)6-12(15)17-14(19)10-3-4-10/h6-7,9-10H,2-5,8H2,1H3. The number of halogens is 1. The number of rotatable bonds is 5. The van der Waals surface area contributed by atoms with Crippen molar-refractivity contribution in [3.05, 3.63) is 45.6 Å². The second-order valence-corrected chi connectivity index (χ2v) is 5.60. The van der Waals surface area contributed by atoms with E-state index in [2.05, 4.69) is 21.5 Å².